The van der Waals surface area contributed by atoms with Crippen molar-refractivity contribution < 1.29 is 5.11 Å². The number of nitrogens with zero attached hydrogens (tertiary/aromatic N) is 3. The molecule has 26 heavy (non-hydrogen) atoms. The minimum atomic E-state index is -0.266. The number of aromatic nitrogens is 2. The number of nitrogens with two attached hydrogens (primary N) is 1. The summed E-state index contributed by atoms with van der Waals surface area (Å²) in [7, 11) is 0. The Morgan fingerprint density at radius 1 is 1.23 bits per heavy atom. The average molecular weight is 355 g/mol. The maximum atomic E-state index is 12.5. The molecule has 0 aliphatic carbocycles. The third-order valence-electron chi connectivity index (χ3n) is 5.35. The zero-order chi connectivity index (χ0) is 18.1. The number of aromatic hydroxyl groups is 1. The van der Waals surface area contributed by atoms with Gasteiger partial charge in [0.1, 0.15) is 5.75 Å². The van der Waals surface area contributed by atoms with Crippen molar-refractivity contribution in [1.82, 2.24) is 14.9 Å². The van der Waals surface area contributed by atoms with Crippen molar-refractivity contribution in [2.45, 2.75) is 31.7 Å². The first-order valence-electron chi connectivity index (χ1n) is 9.31. The fourth-order valence-electron chi connectivity index (χ4n) is 3.90. The van der Waals surface area contributed by atoms with Crippen molar-refractivity contribution in [2.24, 2.45) is 0 Å². The van der Waals surface area contributed by atoms with Gasteiger partial charge in [0.2, 0.25) is 0 Å². The second-order valence-electron chi connectivity index (χ2n) is 7.12. The van der Waals surface area contributed by atoms with Gasteiger partial charge in [0, 0.05) is 43.1 Å². The van der Waals surface area contributed by atoms with E-state index in [0.29, 0.717) is 11.3 Å². The minimum absolute atomic E-state index is 0.0287. The third kappa shape index (κ3) is 3.14. The van der Waals surface area contributed by atoms with Crippen LogP contribution < -0.4 is 21.5 Å². The number of anilines is 2. The molecule has 4 N–H and O–H groups in total. The Balaban J connectivity index is 1.76. The van der Waals surface area contributed by atoms with Gasteiger partial charge in [0.15, 0.2) is 5.82 Å². The Labute approximate surface area is 152 Å². The first-order chi connectivity index (χ1) is 12.6. The second-order valence-corrected chi connectivity index (χ2v) is 7.12. The summed E-state index contributed by atoms with van der Waals surface area (Å²) in [4.78, 5) is 19.1. The summed E-state index contributed by atoms with van der Waals surface area (Å²) in [6.07, 6.45) is 6.04. The first-order valence-corrected chi connectivity index (χ1v) is 9.31. The Morgan fingerprint density at radius 3 is 2.77 bits per heavy atom. The van der Waals surface area contributed by atoms with Crippen molar-refractivity contribution in [2.75, 3.05) is 36.8 Å². The Kier molecular flexibility index (Phi) is 4.55. The summed E-state index contributed by atoms with van der Waals surface area (Å²) in [5.74, 6) is 0.117. The van der Waals surface area contributed by atoms with E-state index in [-0.39, 0.29) is 23.2 Å². The monoisotopic (exact) mass is 355 g/mol. The van der Waals surface area contributed by atoms with Crippen LogP contribution >= 0.6 is 0 Å². The van der Waals surface area contributed by atoms with Crippen molar-refractivity contribution >= 4 is 11.5 Å². The van der Waals surface area contributed by atoms with Gasteiger partial charge >= 0.3 is 0 Å². The lowest BCUT2D eigenvalue weighted by Gasteiger charge is -2.25. The van der Waals surface area contributed by atoms with E-state index < -0.39 is 0 Å². The van der Waals surface area contributed by atoms with Crippen molar-refractivity contribution in [1.29, 1.82) is 0 Å². The average Bonchev–Trinajstić information content (AvgIpc) is 3.20. The molecule has 4 rings (SSSR count). The van der Waals surface area contributed by atoms with E-state index in [4.69, 9.17) is 5.73 Å². The predicted molar refractivity (Wildman–Crippen MR) is 103 cm³/mol. The molecule has 2 aliphatic heterocycles. The number of nitrogens with one attached hydrogen (secondary N) is 1. The maximum Gasteiger partial charge on any atom is 0.293 e. The molecule has 2 fully saturated rings. The van der Waals surface area contributed by atoms with Crippen LogP contribution in [0.4, 0.5) is 11.5 Å². The van der Waals surface area contributed by atoms with Crippen molar-refractivity contribution in [3.05, 3.63) is 34.7 Å². The molecule has 1 atom stereocenters. The number of rotatable bonds is 3. The molecule has 1 aromatic carbocycles. The number of benzene rings is 1. The van der Waals surface area contributed by atoms with Crippen LogP contribution in [-0.2, 0) is 0 Å². The summed E-state index contributed by atoms with van der Waals surface area (Å²) in [6.45, 7) is 3.75. The van der Waals surface area contributed by atoms with Gasteiger partial charge in [-0.2, -0.15) is 0 Å². The lowest BCUT2D eigenvalue weighted by molar-refractivity contribution is 0.364. The molecule has 0 saturated carbocycles. The molecule has 2 aromatic rings. The number of piperidine rings is 1. The summed E-state index contributed by atoms with van der Waals surface area (Å²) in [6, 6.07) is 5.62. The van der Waals surface area contributed by atoms with E-state index >= 15 is 0 Å². The molecular weight excluding hydrogens is 330 g/mol. The first kappa shape index (κ1) is 16.9. The van der Waals surface area contributed by atoms with Gasteiger partial charge in [-0.05, 0) is 50.4 Å². The highest BCUT2D eigenvalue weighted by atomic mass is 16.3. The van der Waals surface area contributed by atoms with Crippen LogP contribution in [0.25, 0.3) is 11.3 Å². The number of phenolic OH excluding ortho intramolecular Hbond substituents is 1. The van der Waals surface area contributed by atoms with E-state index in [0.717, 1.165) is 44.7 Å². The van der Waals surface area contributed by atoms with Gasteiger partial charge in [-0.25, -0.2) is 4.98 Å². The smallest absolute Gasteiger partial charge is 0.293 e. The molecule has 1 aromatic heterocycles. The molecule has 1 unspecified atom stereocenters. The van der Waals surface area contributed by atoms with Gasteiger partial charge in [-0.1, -0.05) is 0 Å². The summed E-state index contributed by atoms with van der Waals surface area (Å²) >= 11 is 0. The second kappa shape index (κ2) is 6.99. The van der Waals surface area contributed by atoms with Crippen LogP contribution in [0.15, 0.2) is 29.2 Å². The summed E-state index contributed by atoms with van der Waals surface area (Å²) < 4.78 is 1.67. The predicted octanol–water partition coefficient (Wildman–Crippen LogP) is 1.72. The highest BCUT2D eigenvalue weighted by Crippen LogP contribution is 2.33. The molecule has 2 saturated heterocycles. The molecule has 0 radical (unpaired) electrons. The zero-order valence-electron chi connectivity index (χ0n) is 14.8. The van der Waals surface area contributed by atoms with Crippen LogP contribution in [0.5, 0.6) is 5.75 Å². The number of hydrogen-bond donors (Lipinski definition) is 3. The largest absolute Gasteiger partial charge is 0.507 e. The maximum absolute atomic E-state index is 12.5. The summed E-state index contributed by atoms with van der Waals surface area (Å²) in [5.41, 5.74) is 7.86. The number of nitrogen functional groups attached to an aromatic ring is 1. The minimum Gasteiger partial charge on any atom is -0.507 e. The molecule has 0 amide bonds. The van der Waals surface area contributed by atoms with Crippen LogP contribution in [-0.4, -0.2) is 40.8 Å². The molecular formula is C19H25N5O2. The van der Waals surface area contributed by atoms with Crippen molar-refractivity contribution in [3.8, 4) is 17.0 Å². The van der Waals surface area contributed by atoms with Gasteiger partial charge in [-0.15, -0.1) is 0 Å². The highest BCUT2D eigenvalue weighted by Gasteiger charge is 2.20. The topological polar surface area (TPSA) is 96.4 Å². The van der Waals surface area contributed by atoms with Gasteiger partial charge in [0.25, 0.3) is 5.56 Å². The molecule has 3 heterocycles. The number of phenols is 1. The third-order valence-corrected chi connectivity index (χ3v) is 5.35. The van der Waals surface area contributed by atoms with Crippen molar-refractivity contribution in [3.63, 3.8) is 0 Å². The van der Waals surface area contributed by atoms with Gasteiger partial charge < -0.3 is 25.6 Å². The molecule has 138 valence electrons. The Bertz CT molecular complexity index is 851. The fourth-order valence-corrected chi connectivity index (χ4v) is 3.90. The van der Waals surface area contributed by atoms with Gasteiger partial charge in [0.05, 0.1) is 5.69 Å². The quantitative estimate of drug-likeness (QED) is 0.776. The van der Waals surface area contributed by atoms with E-state index in [1.54, 1.807) is 16.8 Å². The zero-order valence-corrected chi connectivity index (χ0v) is 14.8. The van der Waals surface area contributed by atoms with E-state index in [1.165, 1.54) is 12.8 Å². The van der Waals surface area contributed by atoms with E-state index in [1.807, 2.05) is 12.1 Å². The summed E-state index contributed by atoms with van der Waals surface area (Å²) in [5, 5.41) is 13.7. The molecule has 0 bridgehead atoms. The SMILES string of the molecule is Nc1nc(-c2cc(N3CCCC3)ccc2O)cn(C2CCCNC2)c1=O. The molecule has 7 nitrogen and oxygen atoms in total. The van der Waals surface area contributed by atoms with Crippen LogP contribution in [0.2, 0.25) is 0 Å². The Hall–Kier alpha value is -2.54. The number of hydrogen-bond acceptors (Lipinski definition) is 6. The normalized spacial score (nSPS) is 20.5. The van der Waals surface area contributed by atoms with Crippen LogP contribution in [0.1, 0.15) is 31.7 Å². The highest BCUT2D eigenvalue weighted by molar-refractivity contribution is 5.72. The fraction of sp³-hybridized carbons (Fsp3) is 0.474. The van der Waals surface area contributed by atoms with E-state index in [9.17, 15) is 9.90 Å². The molecule has 0 spiro atoms. The van der Waals surface area contributed by atoms with Crippen LogP contribution in [0.3, 0.4) is 0 Å². The lowest BCUT2D eigenvalue weighted by Crippen LogP contribution is -2.37. The van der Waals surface area contributed by atoms with E-state index in [2.05, 4.69) is 15.2 Å². The van der Waals surface area contributed by atoms with Gasteiger partial charge in [-0.3, -0.25) is 4.79 Å². The van der Waals surface area contributed by atoms with Crippen LogP contribution in [0, 0.1) is 0 Å². The lowest BCUT2D eigenvalue weighted by atomic mass is 10.1. The molecule has 2 aliphatic rings. The Morgan fingerprint density at radius 2 is 2.04 bits per heavy atom. The molecule has 7 heteroatoms. The standard InChI is InChI=1S/C19H25N5O2/c20-18-19(26)24(14-4-3-7-21-11-14)12-16(22-18)15-10-13(5-6-17(15)25)23-8-1-2-9-23/h5-6,10,12,14,21,25H,1-4,7-9,11H2,(H2,20,22).